The standard InChI is InChI=1S/C34H39NO5/c36-17-19-39-31-15-13-25(23-7-1-2-8-23)21-28(31)34(27-11-5-6-12-30(27)35-33(34)38)29-22-26(24-9-3-4-10-24)14-16-32(29)40-20-18-37/h5-6,11-16,21-24,36-37H,1-4,7-10,17-20H2,(H,35,38). The van der Waals surface area contributed by atoms with Crippen LogP contribution in [0.3, 0.4) is 0 Å². The molecule has 0 radical (unpaired) electrons. The van der Waals surface area contributed by atoms with Gasteiger partial charge in [0.2, 0.25) is 5.91 Å². The Kier molecular flexibility index (Phi) is 7.81. The van der Waals surface area contributed by atoms with Crippen LogP contribution < -0.4 is 14.8 Å². The number of aliphatic hydroxyl groups is 2. The summed E-state index contributed by atoms with van der Waals surface area (Å²) in [4.78, 5) is 14.6. The molecule has 0 aromatic heterocycles. The summed E-state index contributed by atoms with van der Waals surface area (Å²) in [5.41, 5.74) is 4.36. The van der Waals surface area contributed by atoms with E-state index in [9.17, 15) is 15.0 Å². The molecular weight excluding hydrogens is 502 g/mol. The van der Waals surface area contributed by atoms with Gasteiger partial charge in [0.15, 0.2) is 0 Å². The Labute approximate surface area is 236 Å². The number of para-hydroxylation sites is 1. The molecule has 1 amide bonds. The molecule has 3 aromatic rings. The van der Waals surface area contributed by atoms with Crippen LogP contribution in [0.5, 0.6) is 11.5 Å². The number of hydrogen-bond acceptors (Lipinski definition) is 5. The van der Waals surface area contributed by atoms with Crippen LogP contribution in [0.25, 0.3) is 0 Å². The Balaban J connectivity index is 1.64. The molecule has 1 aliphatic heterocycles. The normalized spacial score (nSPS) is 18.6. The van der Waals surface area contributed by atoms with Crippen LogP contribution in [-0.2, 0) is 10.2 Å². The molecule has 0 saturated heterocycles. The van der Waals surface area contributed by atoms with Gasteiger partial charge in [0, 0.05) is 22.4 Å². The summed E-state index contributed by atoms with van der Waals surface area (Å²) in [6.07, 6.45) is 9.36. The highest BCUT2D eigenvalue weighted by Crippen LogP contribution is 2.54. The molecule has 3 N–H and O–H groups in total. The van der Waals surface area contributed by atoms with Crippen LogP contribution >= 0.6 is 0 Å². The second-order valence-corrected chi connectivity index (χ2v) is 11.4. The average Bonchev–Trinajstić information content (AvgIpc) is 3.76. The van der Waals surface area contributed by atoms with E-state index in [-0.39, 0.29) is 32.3 Å². The minimum absolute atomic E-state index is 0.123. The van der Waals surface area contributed by atoms with Gasteiger partial charge >= 0.3 is 0 Å². The van der Waals surface area contributed by atoms with E-state index in [0.29, 0.717) is 23.3 Å². The molecule has 40 heavy (non-hydrogen) atoms. The Morgan fingerprint density at radius 3 is 1.70 bits per heavy atom. The van der Waals surface area contributed by atoms with Crippen molar-refractivity contribution < 1.29 is 24.5 Å². The molecule has 2 fully saturated rings. The maximum absolute atomic E-state index is 14.6. The summed E-state index contributed by atoms with van der Waals surface area (Å²) in [7, 11) is 0. The quantitative estimate of drug-likeness (QED) is 0.292. The van der Waals surface area contributed by atoms with E-state index in [1.165, 1.54) is 36.8 Å². The number of ether oxygens (including phenoxy) is 2. The number of benzene rings is 3. The first kappa shape index (κ1) is 26.9. The lowest BCUT2D eigenvalue weighted by Gasteiger charge is -2.33. The second-order valence-electron chi connectivity index (χ2n) is 11.4. The first-order valence-electron chi connectivity index (χ1n) is 14.8. The largest absolute Gasteiger partial charge is 0.491 e. The summed E-state index contributed by atoms with van der Waals surface area (Å²) in [5, 5.41) is 22.5. The van der Waals surface area contributed by atoms with Gasteiger partial charge in [-0.05, 0) is 66.8 Å². The first-order valence-corrected chi connectivity index (χ1v) is 14.8. The third-order valence-corrected chi connectivity index (χ3v) is 9.09. The Morgan fingerprint density at radius 1 is 0.700 bits per heavy atom. The van der Waals surface area contributed by atoms with Crippen molar-refractivity contribution in [3.05, 3.63) is 88.5 Å². The van der Waals surface area contributed by atoms with Gasteiger partial charge in [-0.1, -0.05) is 68.1 Å². The summed E-state index contributed by atoms with van der Waals surface area (Å²) in [6.45, 7) is 0.0134. The van der Waals surface area contributed by atoms with E-state index in [1.807, 2.05) is 36.4 Å². The zero-order valence-corrected chi connectivity index (χ0v) is 23.0. The van der Waals surface area contributed by atoms with E-state index in [1.54, 1.807) is 0 Å². The first-order chi connectivity index (χ1) is 19.7. The monoisotopic (exact) mass is 541 g/mol. The van der Waals surface area contributed by atoms with Gasteiger partial charge in [0.25, 0.3) is 0 Å². The number of carbonyl (C=O) groups is 1. The van der Waals surface area contributed by atoms with Gasteiger partial charge in [0.1, 0.15) is 30.1 Å². The predicted molar refractivity (Wildman–Crippen MR) is 155 cm³/mol. The van der Waals surface area contributed by atoms with Crippen LogP contribution in [0.2, 0.25) is 0 Å². The molecule has 6 heteroatoms. The number of amides is 1. The van der Waals surface area contributed by atoms with Gasteiger partial charge < -0.3 is 25.0 Å². The number of carbonyl (C=O) groups excluding carboxylic acids is 1. The molecule has 6 rings (SSSR count). The van der Waals surface area contributed by atoms with Crippen molar-refractivity contribution in [2.45, 2.75) is 68.6 Å². The third kappa shape index (κ3) is 4.67. The molecule has 6 nitrogen and oxygen atoms in total. The Hall–Kier alpha value is -3.35. The molecule has 0 bridgehead atoms. The molecular formula is C34H39NO5. The summed E-state index contributed by atoms with van der Waals surface area (Å²) in [5.74, 6) is 1.90. The maximum atomic E-state index is 14.6. The minimum Gasteiger partial charge on any atom is -0.491 e. The molecule has 3 aliphatic rings. The summed E-state index contributed by atoms with van der Waals surface area (Å²) in [6, 6.07) is 20.4. The fraction of sp³-hybridized carbons (Fsp3) is 0.441. The molecule has 3 aromatic carbocycles. The van der Waals surface area contributed by atoms with Crippen molar-refractivity contribution in [1.82, 2.24) is 0 Å². The fourth-order valence-corrected chi connectivity index (χ4v) is 7.21. The van der Waals surface area contributed by atoms with Crippen molar-refractivity contribution in [2.24, 2.45) is 0 Å². The van der Waals surface area contributed by atoms with Crippen LogP contribution in [0.1, 0.15) is 91.0 Å². The van der Waals surface area contributed by atoms with E-state index >= 15 is 0 Å². The number of anilines is 1. The predicted octanol–water partition coefficient (Wildman–Crippen LogP) is 6.03. The molecule has 0 spiro atoms. The van der Waals surface area contributed by atoms with Crippen molar-refractivity contribution in [3.63, 3.8) is 0 Å². The molecule has 2 aliphatic carbocycles. The smallest absolute Gasteiger partial charge is 0.244 e. The van der Waals surface area contributed by atoms with Crippen LogP contribution in [0.15, 0.2) is 60.7 Å². The average molecular weight is 542 g/mol. The van der Waals surface area contributed by atoms with E-state index in [2.05, 4.69) is 29.6 Å². The molecule has 0 unspecified atom stereocenters. The summed E-state index contributed by atoms with van der Waals surface area (Å²) >= 11 is 0. The van der Waals surface area contributed by atoms with Crippen LogP contribution in [-0.4, -0.2) is 42.5 Å². The zero-order chi connectivity index (χ0) is 27.5. The van der Waals surface area contributed by atoms with Gasteiger partial charge in [-0.2, -0.15) is 0 Å². The zero-order valence-electron chi connectivity index (χ0n) is 23.0. The van der Waals surface area contributed by atoms with Crippen molar-refractivity contribution >= 4 is 11.6 Å². The van der Waals surface area contributed by atoms with Crippen molar-refractivity contribution in [2.75, 3.05) is 31.7 Å². The minimum atomic E-state index is -1.23. The number of hydrogen-bond donors (Lipinski definition) is 3. The summed E-state index contributed by atoms with van der Waals surface area (Å²) < 4.78 is 12.3. The highest BCUT2D eigenvalue weighted by atomic mass is 16.5. The molecule has 0 atom stereocenters. The van der Waals surface area contributed by atoms with Crippen molar-refractivity contribution in [3.8, 4) is 11.5 Å². The Bertz CT molecular complexity index is 1280. The second kappa shape index (κ2) is 11.6. The SMILES string of the molecule is O=C1Nc2ccccc2C1(c1cc(C2CCCC2)ccc1OCCO)c1cc(C2CCCC2)ccc1OCCO. The van der Waals surface area contributed by atoms with Crippen molar-refractivity contribution in [1.29, 1.82) is 0 Å². The number of rotatable bonds is 10. The van der Waals surface area contributed by atoms with E-state index in [0.717, 1.165) is 48.1 Å². The van der Waals surface area contributed by atoms with Gasteiger partial charge in [-0.25, -0.2) is 0 Å². The number of fused-ring (bicyclic) bond motifs is 1. The number of nitrogens with one attached hydrogen (secondary N) is 1. The van der Waals surface area contributed by atoms with Gasteiger partial charge in [-0.3, -0.25) is 4.79 Å². The fourth-order valence-electron chi connectivity index (χ4n) is 7.21. The Morgan fingerprint density at radius 2 is 1.20 bits per heavy atom. The highest BCUT2D eigenvalue weighted by molar-refractivity contribution is 6.12. The molecule has 210 valence electrons. The lowest BCUT2D eigenvalue weighted by Crippen LogP contribution is -2.38. The van der Waals surface area contributed by atoms with Gasteiger partial charge in [-0.15, -0.1) is 0 Å². The van der Waals surface area contributed by atoms with Crippen LogP contribution in [0.4, 0.5) is 5.69 Å². The van der Waals surface area contributed by atoms with E-state index < -0.39 is 5.41 Å². The molecule has 1 heterocycles. The number of aliphatic hydroxyl groups excluding tert-OH is 2. The van der Waals surface area contributed by atoms with Gasteiger partial charge in [0.05, 0.1) is 13.2 Å². The van der Waals surface area contributed by atoms with E-state index in [4.69, 9.17) is 9.47 Å². The maximum Gasteiger partial charge on any atom is 0.244 e. The third-order valence-electron chi connectivity index (χ3n) is 9.09. The molecule has 2 saturated carbocycles. The lowest BCUT2D eigenvalue weighted by molar-refractivity contribution is -0.118. The topological polar surface area (TPSA) is 88.0 Å². The van der Waals surface area contributed by atoms with Crippen LogP contribution in [0, 0.1) is 0 Å². The lowest BCUT2D eigenvalue weighted by atomic mass is 9.68. The highest BCUT2D eigenvalue weighted by Gasteiger charge is 2.53.